The molecule has 0 radical (unpaired) electrons. The zero-order chi connectivity index (χ0) is 22.9. The lowest BCUT2D eigenvalue weighted by atomic mass is 9.82. The fourth-order valence-corrected chi connectivity index (χ4v) is 3.15. The second kappa shape index (κ2) is 11.3. The van der Waals surface area contributed by atoms with E-state index >= 15 is 0 Å². The van der Waals surface area contributed by atoms with Gasteiger partial charge in [0, 0.05) is 17.0 Å². The highest BCUT2D eigenvalue weighted by Gasteiger charge is 2.34. The average molecular weight is 422 g/mol. The van der Waals surface area contributed by atoms with E-state index in [9.17, 15) is 19.5 Å². The van der Waals surface area contributed by atoms with Crippen molar-refractivity contribution in [2.24, 2.45) is 5.92 Å². The number of aliphatic hydroxyl groups excluding tert-OH is 1. The molecule has 30 heavy (non-hydrogen) atoms. The van der Waals surface area contributed by atoms with E-state index in [1.807, 2.05) is 20.8 Å². The molecule has 4 N–H and O–H groups in total. The third-order valence-corrected chi connectivity index (χ3v) is 4.57. The van der Waals surface area contributed by atoms with E-state index in [0.717, 1.165) is 0 Å². The minimum absolute atomic E-state index is 0.0592. The first-order valence-electron chi connectivity index (χ1n) is 9.59. The predicted octanol–water partition coefficient (Wildman–Crippen LogP) is 1.35. The van der Waals surface area contributed by atoms with Crippen LogP contribution in [-0.2, 0) is 14.3 Å². The number of ether oxygens (including phenoxy) is 1. The molecule has 1 saturated carbocycles. The number of hydrogen-bond donors (Lipinski definition) is 4. The standard InChI is InChI=1S/C20H28N2O5.CH2O2/c1-20(2,3)22-18(25)14-9-10-16(23)15(11-14)21-17(24)12-5-7-13(8-6-12)19(26)27-4;2-1-3/h5-8,14-16,23H,9-11H2,1-4H3,(H,21,24)(H,22,25);1H,(H,2,3)/t14-,15+,16+;/m0./s1. The lowest BCUT2D eigenvalue weighted by molar-refractivity contribution is -0.128. The second-order valence-corrected chi connectivity index (χ2v) is 8.07. The minimum Gasteiger partial charge on any atom is -0.483 e. The maximum atomic E-state index is 12.5. The fourth-order valence-electron chi connectivity index (χ4n) is 3.15. The van der Waals surface area contributed by atoms with Crippen LogP contribution in [-0.4, -0.2) is 59.3 Å². The highest BCUT2D eigenvalue weighted by Crippen LogP contribution is 2.26. The number of carboxylic acid groups (broad SMARTS) is 1. The van der Waals surface area contributed by atoms with Crippen LogP contribution in [0.4, 0.5) is 0 Å². The van der Waals surface area contributed by atoms with Gasteiger partial charge in [0.1, 0.15) is 0 Å². The minimum atomic E-state index is -0.693. The van der Waals surface area contributed by atoms with Crippen molar-refractivity contribution in [2.45, 2.75) is 57.7 Å². The van der Waals surface area contributed by atoms with E-state index in [4.69, 9.17) is 9.90 Å². The topological polar surface area (TPSA) is 142 Å². The van der Waals surface area contributed by atoms with Gasteiger partial charge in [-0.1, -0.05) is 0 Å². The summed E-state index contributed by atoms with van der Waals surface area (Å²) in [5.41, 5.74) is 0.398. The van der Waals surface area contributed by atoms with E-state index in [-0.39, 0.29) is 29.7 Å². The molecule has 9 nitrogen and oxygen atoms in total. The van der Waals surface area contributed by atoms with Gasteiger partial charge in [-0.3, -0.25) is 14.4 Å². The Morgan fingerprint density at radius 2 is 1.63 bits per heavy atom. The Bertz CT molecular complexity index is 741. The molecule has 1 fully saturated rings. The van der Waals surface area contributed by atoms with Crippen molar-refractivity contribution in [3.05, 3.63) is 35.4 Å². The largest absolute Gasteiger partial charge is 0.483 e. The van der Waals surface area contributed by atoms with Crippen LogP contribution in [0.1, 0.15) is 60.7 Å². The first-order valence-corrected chi connectivity index (χ1v) is 9.59. The number of carbonyl (C=O) groups excluding carboxylic acids is 3. The molecule has 166 valence electrons. The first-order chi connectivity index (χ1) is 14.0. The van der Waals surface area contributed by atoms with Crippen molar-refractivity contribution in [3.63, 3.8) is 0 Å². The third-order valence-electron chi connectivity index (χ3n) is 4.57. The normalized spacial score (nSPS) is 20.8. The second-order valence-electron chi connectivity index (χ2n) is 8.07. The summed E-state index contributed by atoms with van der Waals surface area (Å²) in [5, 5.41) is 22.9. The molecule has 2 rings (SSSR count). The fraction of sp³-hybridized carbons (Fsp3) is 0.524. The Kier molecular flexibility index (Phi) is 9.45. The van der Waals surface area contributed by atoms with Crippen molar-refractivity contribution in [3.8, 4) is 0 Å². The van der Waals surface area contributed by atoms with E-state index in [1.54, 1.807) is 0 Å². The number of hydrogen-bond acceptors (Lipinski definition) is 6. The van der Waals surface area contributed by atoms with Gasteiger partial charge in [0.15, 0.2) is 0 Å². The summed E-state index contributed by atoms with van der Waals surface area (Å²) in [4.78, 5) is 44.7. The molecule has 0 bridgehead atoms. The van der Waals surface area contributed by atoms with Gasteiger partial charge >= 0.3 is 5.97 Å². The highest BCUT2D eigenvalue weighted by molar-refractivity contribution is 5.96. The van der Waals surface area contributed by atoms with Crippen LogP contribution in [0.2, 0.25) is 0 Å². The lowest BCUT2D eigenvalue weighted by Gasteiger charge is -2.34. The number of amides is 2. The zero-order valence-corrected chi connectivity index (χ0v) is 17.7. The lowest BCUT2D eigenvalue weighted by Crippen LogP contribution is -2.51. The van der Waals surface area contributed by atoms with Crippen molar-refractivity contribution in [1.82, 2.24) is 10.6 Å². The third kappa shape index (κ3) is 7.82. The maximum absolute atomic E-state index is 12.5. The number of aliphatic hydroxyl groups is 1. The Balaban J connectivity index is 0.00000141. The molecule has 9 heteroatoms. The summed E-state index contributed by atoms with van der Waals surface area (Å²) in [7, 11) is 1.29. The summed E-state index contributed by atoms with van der Waals surface area (Å²) < 4.78 is 4.63. The highest BCUT2D eigenvalue weighted by atomic mass is 16.5. The number of benzene rings is 1. The maximum Gasteiger partial charge on any atom is 0.337 e. The Labute approximate surface area is 175 Å². The molecule has 0 aliphatic heterocycles. The van der Waals surface area contributed by atoms with Crippen LogP contribution in [0.3, 0.4) is 0 Å². The van der Waals surface area contributed by atoms with Crippen molar-refractivity contribution in [1.29, 1.82) is 0 Å². The van der Waals surface area contributed by atoms with Gasteiger partial charge in [0.05, 0.1) is 24.8 Å². The van der Waals surface area contributed by atoms with Crippen LogP contribution in [0, 0.1) is 5.92 Å². The van der Waals surface area contributed by atoms with Crippen LogP contribution in [0.5, 0.6) is 0 Å². The van der Waals surface area contributed by atoms with Gasteiger partial charge in [0.25, 0.3) is 12.4 Å². The van der Waals surface area contributed by atoms with Gasteiger partial charge in [-0.25, -0.2) is 4.79 Å². The predicted molar refractivity (Wildman–Crippen MR) is 109 cm³/mol. The number of rotatable bonds is 4. The Morgan fingerprint density at radius 3 is 2.13 bits per heavy atom. The molecule has 1 aliphatic rings. The van der Waals surface area contributed by atoms with E-state index in [0.29, 0.717) is 30.4 Å². The smallest absolute Gasteiger partial charge is 0.337 e. The van der Waals surface area contributed by atoms with Crippen LogP contribution in [0.25, 0.3) is 0 Å². The van der Waals surface area contributed by atoms with Crippen LogP contribution >= 0.6 is 0 Å². The number of nitrogens with one attached hydrogen (secondary N) is 2. The number of carbonyl (C=O) groups is 4. The molecular formula is C21H30N2O7. The van der Waals surface area contributed by atoms with Gasteiger partial charge < -0.3 is 25.6 Å². The summed E-state index contributed by atoms with van der Waals surface area (Å²) >= 11 is 0. The van der Waals surface area contributed by atoms with Crippen molar-refractivity contribution in [2.75, 3.05) is 7.11 Å². The SMILES string of the molecule is COC(=O)c1ccc(C(=O)N[C@@H]2C[C@@H](C(=O)NC(C)(C)C)CC[C@H]2O)cc1.O=CO. The van der Waals surface area contributed by atoms with E-state index < -0.39 is 18.1 Å². The summed E-state index contributed by atoms with van der Waals surface area (Å²) in [5.74, 6) is -1.14. The quantitative estimate of drug-likeness (QED) is 0.424. The monoisotopic (exact) mass is 422 g/mol. The average Bonchev–Trinajstić information content (AvgIpc) is 2.68. The van der Waals surface area contributed by atoms with Crippen LogP contribution < -0.4 is 10.6 Å². The molecular weight excluding hydrogens is 392 g/mol. The molecule has 0 spiro atoms. The van der Waals surface area contributed by atoms with E-state index in [2.05, 4.69) is 15.4 Å². The molecule has 0 unspecified atom stereocenters. The van der Waals surface area contributed by atoms with Gasteiger partial charge in [-0.15, -0.1) is 0 Å². The molecule has 1 aliphatic carbocycles. The van der Waals surface area contributed by atoms with Gasteiger partial charge in [-0.2, -0.15) is 0 Å². The molecule has 2 amide bonds. The van der Waals surface area contributed by atoms with E-state index in [1.165, 1.54) is 31.4 Å². The summed E-state index contributed by atoms with van der Waals surface area (Å²) in [6.07, 6.45) is 0.731. The van der Waals surface area contributed by atoms with Crippen molar-refractivity contribution < 1.29 is 34.1 Å². The van der Waals surface area contributed by atoms with Gasteiger partial charge in [0.2, 0.25) is 5.91 Å². The number of esters is 1. The molecule has 1 aromatic carbocycles. The molecule has 1 aromatic rings. The zero-order valence-electron chi connectivity index (χ0n) is 17.7. The van der Waals surface area contributed by atoms with Crippen LogP contribution in [0.15, 0.2) is 24.3 Å². The molecule has 0 aromatic heterocycles. The Hall–Kier alpha value is -2.94. The summed E-state index contributed by atoms with van der Waals surface area (Å²) in [6.45, 7) is 5.50. The van der Waals surface area contributed by atoms with Gasteiger partial charge in [-0.05, 0) is 64.3 Å². The Morgan fingerprint density at radius 1 is 1.10 bits per heavy atom. The molecule has 3 atom stereocenters. The molecule has 0 heterocycles. The molecule has 0 saturated heterocycles. The van der Waals surface area contributed by atoms with Crippen molar-refractivity contribution >= 4 is 24.3 Å². The summed E-state index contributed by atoms with van der Waals surface area (Å²) in [6, 6.07) is 5.58. The number of methoxy groups -OCH3 is 1. The first kappa shape index (κ1) is 25.1.